The van der Waals surface area contributed by atoms with E-state index in [0.29, 0.717) is 6.42 Å². The number of hydrogen-bond donors (Lipinski definition) is 2. The minimum atomic E-state index is -0.497. The third-order valence-electron chi connectivity index (χ3n) is 3.87. The van der Waals surface area contributed by atoms with Gasteiger partial charge in [0, 0.05) is 6.42 Å². The van der Waals surface area contributed by atoms with Gasteiger partial charge in [-0.15, -0.1) is 0 Å². The first-order valence-corrected chi connectivity index (χ1v) is 6.01. The van der Waals surface area contributed by atoms with Crippen molar-refractivity contribution < 1.29 is 14.9 Å². The first-order chi connectivity index (χ1) is 7.24. The van der Waals surface area contributed by atoms with Crippen molar-refractivity contribution in [2.24, 2.45) is 5.41 Å². The van der Waals surface area contributed by atoms with Crippen molar-refractivity contribution in [3.05, 3.63) is 11.6 Å². The standard InChI is InChI=1S/C13H22O3/c1-8(14)10-5-11-12(2,3)6-9(15)7-13(11,4)16-10/h5,8-10,14-15H,6-7H2,1-4H3. The SMILES string of the molecule is CC(O)C1C=C2C(C)(C)CC(O)CC2(C)O1. The number of aliphatic hydroxyl groups excluding tert-OH is 2. The van der Waals surface area contributed by atoms with Crippen LogP contribution in [0.15, 0.2) is 11.6 Å². The number of rotatable bonds is 1. The van der Waals surface area contributed by atoms with Crippen LogP contribution in [0.2, 0.25) is 0 Å². The second kappa shape index (κ2) is 3.56. The molecule has 0 aromatic rings. The van der Waals surface area contributed by atoms with Crippen LogP contribution >= 0.6 is 0 Å². The Morgan fingerprint density at radius 3 is 2.56 bits per heavy atom. The molecule has 3 nitrogen and oxygen atoms in total. The summed E-state index contributed by atoms with van der Waals surface area (Å²) < 4.78 is 5.92. The Labute approximate surface area is 97.1 Å². The van der Waals surface area contributed by atoms with Gasteiger partial charge >= 0.3 is 0 Å². The molecule has 2 aliphatic rings. The van der Waals surface area contributed by atoms with E-state index in [1.165, 1.54) is 5.57 Å². The molecule has 0 spiro atoms. The van der Waals surface area contributed by atoms with Crippen molar-refractivity contribution in [1.29, 1.82) is 0 Å². The average Bonchev–Trinajstić information content (AvgIpc) is 2.41. The van der Waals surface area contributed by atoms with Gasteiger partial charge in [-0.3, -0.25) is 0 Å². The lowest BCUT2D eigenvalue weighted by Gasteiger charge is -2.44. The van der Waals surface area contributed by atoms with E-state index in [2.05, 4.69) is 19.9 Å². The van der Waals surface area contributed by atoms with Gasteiger partial charge in [-0.25, -0.2) is 0 Å². The Morgan fingerprint density at radius 1 is 1.38 bits per heavy atom. The van der Waals surface area contributed by atoms with Gasteiger partial charge in [-0.2, -0.15) is 0 Å². The van der Waals surface area contributed by atoms with E-state index in [1.807, 2.05) is 6.92 Å². The van der Waals surface area contributed by atoms with Crippen molar-refractivity contribution >= 4 is 0 Å². The molecular weight excluding hydrogens is 204 g/mol. The van der Waals surface area contributed by atoms with Crippen LogP contribution in [-0.2, 0) is 4.74 Å². The maximum absolute atomic E-state index is 9.91. The predicted octanol–water partition coefficient (Wildman–Crippen LogP) is 1.63. The summed E-state index contributed by atoms with van der Waals surface area (Å²) in [6.45, 7) is 8.03. The number of ether oxygens (including phenoxy) is 1. The fourth-order valence-electron chi connectivity index (χ4n) is 3.30. The molecule has 0 aromatic carbocycles. The summed E-state index contributed by atoms with van der Waals surface area (Å²) in [5.74, 6) is 0. The second-order valence-corrected chi connectivity index (χ2v) is 6.08. The summed E-state index contributed by atoms with van der Waals surface area (Å²) in [5, 5.41) is 19.5. The van der Waals surface area contributed by atoms with E-state index < -0.39 is 11.7 Å². The van der Waals surface area contributed by atoms with Gasteiger partial charge < -0.3 is 14.9 Å². The molecule has 1 aliphatic heterocycles. The maximum atomic E-state index is 9.91. The third-order valence-corrected chi connectivity index (χ3v) is 3.87. The molecule has 1 saturated carbocycles. The molecular formula is C13H22O3. The van der Waals surface area contributed by atoms with E-state index in [0.717, 1.165) is 6.42 Å². The molecule has 3 heteroatoms. The quantitative estimate of drug-likeness (QED) is 0.668. The van der Waals surface area contributed by atoms with E-state index in [1.54, 1.807) is 6.92 Å². The Morgan fingerprint density at radius 2 is 2.00 bits per heavy atom. The Bertz CT molecular complexity index is 319. The Hall–Kier alpha value is -0.380. The van der Waals surface area contributed by atoms with Gasteiger partial charge in [0.1, 0.15) is 6.10 Å². The van der Waals surface area contributed by atoms with Crippen molar-refractivity contribution in [3.63, 3.8) is 0 Å². The summed E-state index contributed by atoms with van der Waals surface area (Å²) in [5.41, 5.74) is 0.787. The lowest BCUT2D eigenvalue weighted by molar-refractivity contribution is -0.103. The first-order valence-electron chi connectivity index (χ1n) is 6.01. The summed E-state index contributed by atoms with van der Waals surface area (Å²) in [6, 6.07) is 0. The van der Waals surface area contributed by atoms with Crippen molar-refractivity contribution in [2.45, 2.75) is 64.4 Å². The summed E-state index contributed by atoms with van der Waals surface area (Å²) in [6.07, 6.45) is 2.41. The maximum Gasteiger partial charge on any atom is 0.103 e. The smallest absolute Gasteiger partial charge is 0.103 e. The highest BCUT2D eigenvalue weighted by Gasteiger charge is 2.50. The van der Waals surface area contributed by atoms with E-state index >= 15 is 0 Å². The topological polar surface area (TPSA) is 49.7 Å². The molecule has 2 rings (SSSR count). The predicted molar refractivity (Wildman–Crippen MR) is 62.1 cm³/mol. The van der Waals surface area contributed by atoms with Gasteiger partial charge in [-0.05, 0) is 31.3 Å². The van der Waals surface area contributed by atoms with Crippen molar-refractivity contribution in [3.8, 4) is 0 Å². The summed E-state index contributed by atoms with van der Waals surface area (Å²) >= 11 is 0. The minimum absolute atomic E-state index is 0.0456. The monoisotopic (exact) mass is 226 g/mol. The molecule has 1 heterocycles. The van der Waals surface area contributed by atoms with E-state index in [4.69, 9.17) is 4.74 Å². The van der Waals surface area contributed by atoms with Crippen LogP contribution in [-0.4, -0.2) is 34.1 Å². The molecule has 0 saturated heterocycles. The van der Waals surface area contributed by atoms with Crippen LogP contribution in [0, 0.1) is 5.41 Å². The molecule has 92 valence electrons. The van der Waals surface area contributed by atoms with Gasteiger partial charge in [0.15, 0.2) is 0 Å². The van der Waals surface area contributed by atoms with Gasteiger partial charge in [0.2, 0.25) is 0 Å². The summed E-state index contributed by atoms with van der Waals surface area (Å²) in [7, 11) is 0. The molecule has 16 heavy (non-hydrogen) atoms. The van der Waals surface area contributed by atoms with Crippen LogP contribution in [0.3, 0.4) is 0 Å². The second-order valence-electron chi connectivity index (χ2n) is 6.08. The van der Waals surface area contributed by atoms with Gasteiger partial charge in [0.05, 0.1) is 17.8 Å². The largest absolute Gasteiger partial charge is 0.393 e. The molecule has 2 N–H and O–H groups in total. The Balaban J connectivity index is 2.34. The van der Waals surface area contributed by atoms with Crippen LogP contribution < -0.4 is 0 Å². The summed E-state index contributed by atoms with van der Waals surface area (Å²) in [4.78, 5) is 0. The number of hydrogen-bond acceptors (Lipinski definition) is 3. The number of aliphatic hydroxyl groups is 2. The fraction of sp³-hybridized carbons (Fsp3) is 0.846. The first kappa shape index (κ1) is 12.1. The molecule has 1 aliphatic carbocycles. The molecule has 0 radical (unpaired) electrons. The normalized spacial score (nSPS) is 43.8. The van der Waals surface area contributed by atoms with Gasteiger partial charge in [0.25, 0.3) is 0 Å². The molecule has 0 bridgehead atoms. The average molecular weight is 226 g/mol. The zero-order valence-electron chi connectivity index (χ0n) is 10.5. The van der Waals surface area contributed by atoms with E-state index in [9.17, 15) is 10.2 Å². The molecule has 4 atom stereocenters. The zero-order chi connectivity index (χ0) is 12.1. The zero-order valence-corrected chi connectivity index (χ0v) is 10.5. The molecule has 0 amide bonds. The minimum Gasteiger partial charge on any atom is -0.393 e. The molecule has 0 aromatic heterocycles. The molecule has 1 fully saturated rings. The highest BCUT2D eigenvalue weighted by Crippen LogP contribution is 2.51. The Kier molecular flexibility index (Phi) is 2.69. The van der Waals surface area contributed by atoms with Crippen LogP contribution in [0.25, 0.3) is 0 Å². The highest BCUT2D eigenvalue weighted by atomic mass is 16.5. The fourth-order valence-corrected chi connectivity index (χ4v) is 3.30. The van der Waals surface area contributed by atoms with Crippen molar-refractivity contribution in [2.75, 3.05) is 0 Å². The number of fused-ring (bicyclic) bond motifs is 1. The highest BCUT2D eigenvalue weighted by molar-refractivity contribution is 5.32. The van der Waals surface area contributed by atoms with E-state index in [-0.39, 0.29) is 17.6 Å². The van der Waals surface area contributed by atoms with Crippen LogP contribution in [0.4, 0.5) is 0 Å². The van der Waals surface area contributed by atoms with Crippen LogP contribution in [0.1, 0.15) is 40.5 Å². The van der Waals surface area contributed by atoms with Gasteiger partial charge in [-0.1, -0.05) is 19.9 Å². The van der Waals surface area contributed by atoms with Crippen LogP contribution in [0.5, 0.6) is 0 Å². The van der Waals surface area contributed by atoms with Crippen molar-refractivity contribution in [1.82, 2.24) is 0 Å². The lowest BCUT2D eigenvalue weighted by Crippen LogP contribution is -2.45. The lowest BCUT2D eigenvalue weighted by atomic mass is 9.65. The third kappa shape index (κ3) is 1.81. The molecule has 4 unspecified atom stereocenters.